The van der Waals surface area contributed by atoms with Gasteiger partial charge < -0.3 is 10.1 Å². The van der Waals surface area contributed by atoms with Gasteiger partial charge in [-0.25, -0.2) is 9.97 Å². The number of benzene rings is 1. The fraction of sp³-hybridized carbons (Fsp3) is 0.0833. The standard InChI is InChI=1S/C12H8BrClN4O/c1-19-10-11(14)16-6-17-12(10)18-9-3-2-7(5-15)4-8(9)13/h2-4,6H,1H3,(H,16,17,18). The Labute approximate surface area is 123 Å². The zero-order valence-corrected chi connectivity index (χ0v) is 12.2. The van der Waals surface area contributed by atoms with E-state index in [1.54, 1.807) is 18.2 Å². The maximum Gasteiger partial charge on any atom is 0.199 e. The van der Waals surface area contributed by atoms with Crippen LogP contribution in [0.15, 0.2) is 29.0 Å². The van der Waals surface area contributed by atoms with Gasteiger partial charge in [-0.3, -0.25) is 0 Å². The van der Waals surface area contributed by atoms with Crippen molar-refractivity contribution in [3.63, 3.8) is 0 Å². The van der Waals surface area contributed by atoms with Crippen LogP contribution in [-0.4, -0.2) is 17.1 Å². The molecule has 19 heavy (non-hydrogen) atoms. The minimum absolute atomic E-state index is 0.227. The summed E-state index contributed by atoms with van der Waals surface area (Å²) >= 11 is 9.29. The lowest BCUT2D eigenvalue weighted by Gasteiger charge is -2.11. The van der Waals surface area contributed by atoms with Crippen molar-refractivity contribution in [2.24, 2.45) is 0 Å². The molecule has 0 saturated heterocycles. The normalized spacial score (nSPS) is 9.79. The molecule has 0 aliphatic carbocycles. The molecule has 0 unspecified atom stereocenters. The van der Waals surface area contributed by atoms with E-state index in [0.717, 1.165) is 10.2 Å². The monoisotopic (exact) mass is 338 g/mol. The second-order valence-corrected chi connectivity index (χ2v) is 4.69. The number of hydrogen-bond acceptors (Lipinski definition) is 5. The number of rotatable bonds is 3. The van der Waals surface area contributed by atoms with E-state index in [9.17, 15) is 0 Å². The van der Waals surface area contributed by atoms with E-state index in [2.05, 4.69) is 37.3 Å². The number of methoxy groups -OCH3 is 1. The van der Waals surface area contributed by atoms with Crippen molar-refractivity contribution in [3.8, 4) is 11.8 Å². The van der Waals surface area contributed by atoms with E-state index >= 15 is 0 Å². The van der Waals surface area contributed by atoms with E-state index in [1.165, 1.54) is 13.4 Å². The number of nitrogens with zero attached hydrogens (tertiary/aromatic N) is 3. The smallest absolute Gasteiger partial charge is 0.199 e. The number of anilines is 2. The van der Waals surface area contributed by atoms with Gasteiger partial charge >= 0.3 is 0 Å². The molecule has 1 N–H and O–H groups in total. The summed E-state index contributed by atoms with van der Waals surface area (Å²) < 4.78 is 5.89. The average Bonchev–Trinajstić information content (AvgIpc) is 2.41. The fourth-order valence-corrected chi connectivity index (χ4v) is 2.12. The number of halogens is 2. The molecule has 2 aromatic rings. The molecule has 0 saturated carbocycles. The molecule has 0 atom stereocenters. The number of nitriles is 1. The van der Waals surface area contributed by atoms with Gasteiger partial charge in [0.15, 0.2) is 16.7 Å². The minimum Gasteiger partial charge on any atom is -0.490 e. The molecular weight excluding hydrogens is 332 g/mol. The van der Waals surface area contributed by atoms with Crippen LogP contribution in [0.2, 0.25) is 5.15 Å². The molecule has 7 heteroatoms. The van der Waals surface area contributed by atoms with Gasteiger partial charge in [0.1, 0.15) is 6.33 Å². The van der Waals surface area contributed by atoms with Gasteiger partial charge in [0.05, 0.1) is 24.4 Å². The molecule has 96 valence electrons. The van der Waals surface area contributed by atoms with Gasteiger partial charge in [0.25, 0.3) is 0 Å². The van der Waals surface area contributed by atoms with Gasteiger partial charge in [-0.15, -0.1) is 0 Å². The van der Waals surface area contributed by atoms with Crippen LogP contribution in [0.1, 0.15) is 5.56 Å². The highest BCUT2D eigenvalue weighted by molar-refractivity contribution is 9.10. The lowest BCUT2D eigenvalue weighted by molar-refractivity contribution is 0.413. The average molecular weight is 340 g/mol. The third-order valence-corrected chi connectivity index (χ3v) is 3.24. The third kappa shape index (κ3) is 2.95. The summed E-state index contributed by atoms with van der Waals surface area (Å²) in [7, 11) is 1.49. The minimum atomic E-state index is 0.227. The Balaban J connectivity index is 2.37. The topological polar surface area (TPSA) is 70.8 Å². The van der Waals surface area contributed by atoms with Gasteiger partial charge in [0, 0.05) is 4.47 Å². The highest BCUT2D eigenvalue weighted by Gasteiger charge is 2.11. The molecule has 1 aromatic carbocycles. The summed E-state index contributed by atoms with van der Waals surface area (Å²) in [6.45, 7) is 0. The molecule has 0 bridgehead atoms. The molecule has 0 aliphatic heterocycles. The summed E-state index contributed by atoms with van der Waals surface area (Å²) in [5.74, 6) is 0.813. The Kier molecular flexibility index (Phi) is 4.20. The summed E-state index contributed by atoms with van der Waals surface area (Å²) in [5, 5.41) is 12.1. The Hall–Kier alpha value is -1.84. The second kappa shape index (κ2) is 5.87. The number of hydrogen-bond donors (Lipinski definition) is 1. The lowest BCUT2D eigenvalue weighted by atomic mass is 10.2. The summed E-state index contributed by atoms with van der Waals surface area (Å²) in [6.07, 6.45) is 1.34. The quantitative estimate of drug-likeness (QED) is 0.866. The first-order chi connectivity index (χ1) is 9.15. The van der Waals surface area contributed by atoms with Crippen LogP contribution in [0.5, 0.6) is 5.75 Å². The van der Waals surface area contributed by atoms with Gasteiger partial charge in [0.2, 0.25) is 0 Å². The van der Waals surface area contributed by atoms with Crippen molar-refractivity contribution in [1.82, 2.24) is 9.97 Å². The van der Waals surface area contributed by atoms with Crippen molar-refractivity contribution in [1.29, 1.82) is 5.26 Å². The molecule has 0 fully saturated rings. The first-order valence-electron chi connectivity index (χ1n) is 5.17. The third-order valence-electron chi connectivity index (χ3n) is 2.32. The van der Waals surface area contributed by atoms with E-state index in [-0.39, 0.29) is 5.15 Å². The van der Waals surface area contributed by atoms with Crippen LogP contribution < -0.4 is 10.1 Å². The van der Waals surface area contributed by atoms with Crippen LogP contribution in [0.3, 0.4) is 0 Å². The maximum atomic E-state index is 8.81. The van der Waals surface area contributed by atoms with Crippen molar-refractivity contribution < 1.29 is 4.74 Å². The Morgan fingerprint density at radius 3 is 2.84 bits per heavy atom. The molecule has 1 aromatic heterocycles. The first-order valence-corrected chi connectivity index (χ1v) is 6.34. The molecular formula is C12H8BrClN4O. The Bertz CT molecular complexity index is 657. The molecule has 0 amide bonds. The van der Waals surface area contributed by atoms with E-state index < -0.39 is 0 Å². The molecule has 0 aliphatic rings. The molecule has 0 radical (unpaired) electrons. The zero-order valence-electron chi connectivity index (χ0n) is 9.82. The van der Waals surface area contributed by atoms with E-state index in [4.69, 9.17) is 21.6 Å². The van der Waals surface area contributed by atoms with Crippen molar-refractivity contribution in [3.05, 3.63) is 39.7 Å². The number of nitrogens with one attached hydrogen (secondary N) is 1. The predicted octanol–water partition coefficient (Wildman–Crippen LogP) is 3.52. The van der Waals surface area contributed by atoms with Crippen molar-refractivity contribution in [2.75, 3.05) is 12.4 Å². The van der Waals surface area contributed by atoms with Gasteiger partial charge in [-0.1, -0.05) is 11.6 Å². The highest BCUT2D eigenvalue weighted by Crippen LogP contribution is 2.33. The summed E-state index contributed by atoms with van der Waals surface area (Å²) in [6, 6.07) is 7.23. The predicted molar refractivity (Wildman–Crippen MR) is 75.7 cm³/mol. The maximum absolute atomic E-state index is 8.81. The van der Waals surface area contributed by atoms with E-state index in [1.807, 2.05) is 0 Å². The zero-order chi connectivity index (χ0) is 13.8. The van der Waals surface area contributed by atoms with Gasteiger partial charge in [-0.05, 0) is 34.1 Å². The SMILES string of the molecule is COc1c(Cl)ncnc1Nc1ccc(C#N)cc1Br. The molecule has 1 heterocycles. The van der Waals surface area contributed by atoms with Crippen LogP contribution >= 0.6 is 27.5 Å². The second-order valence-electron chi connectivity index (χ2n) is 3.48. The fourth-order valence-electron chi connectivity index (χ4n) is 1.44. The molecule has 0 spiro atoms. The van der Waals surface area contributed by atoms with Crippen molar-refractivity contribution in [2.45, 2.75) is 0 Å². The number of ether oxygens (including phenoxy) is 1. The summed E-state index contributed by atoms with van der Waals surface area (Å²) in [5.41, 5.74) is 1.30. The Morgan fingerprint density at radius 1 is 1.42 bits per heavy atom. The highest BCUT2D eigenvalue weighted by atomic mass is 79.9. The van der Waals surface area contributed by atoms with Crippen molar-refractivity contribution >= 4 is 39.0 Å². The summed E-state index contributed by atoms with van der Waals surface area (Å²) in [4.78, 5) is 7.91. The van der Waals surface area contributed by atoms with E-state index in [0.29, 0.717) is 17.1 Å². The lowest BCUT2D eigenvalue weighted by Crippen LogP contribution is -2.00. The number of aromatic nitrogens is 2. The van der Waals surface area contributed by atoms with Crippen LogP contribution in [0.4, 0.5) is 11.5 Å². The first kappa shape index (κ1) is 13.6. The van der Waals surface area contributed by atoms with Crippen LogP contribution in [0, 0.1) is 11.3 Å². The largest absolute Gasteiger partial charge is 0.490 e. The van der Waals surface area contributed by atoms with Crippen LogP contribution in [0.25, 0.3) is 0 Å². The Morgan fingerprint density at radius 2 is 2.21 bits per heavy atom. The van der Waals surface area contributed by atoms with Gasteiger partial charge in [-0.2, -0.15) is 5.26 Å². The molecule has 2 rings (SSSR count). The van der Waals surface area contributed by atoms with Crippen LogP contribution in [-0.2, 0) is 0 Å². The molecule has 5 nitrogen and oxygen atoms in total.